The van der Waals surface area contributed by atoms with E-state index < -0.39 is 11.9 Å². The van der Waals surface area contributed by atoms with Gasteiger partial charge in [0.05, 0.1) is 11.9 Å². The third kappa shape index (κ3) is 2.28. The van der Waals surface area contributed by atoms with E-state index in [0.717, 1.165) is 0 Å². The predicted octanol–water partition coefficient (Wildman–Crippen LogP) is 0.755. The maximum absolute atomic E-state index is 11.7. The molecule has 86 valence electrons. The molecule has 2 aromatic rings. The number of nitrogens with one attached hydrogen (secondary N) is 2. The Labute approximate surface area is 95.5 Å². The summed E-state index contributed by atoms with van der Waals surface area (Å²) in [4.78, 5) is 26.3. The van der Waals surface area contributed by atoms with Crippen LogP contribution in [-0.4, -0.2) is 32.2 Å². The topological polar surface area (TPSA) is 108 Å². The molecule has 0 radical (unpaired) electrons. The fraction of sp³-hybridized carbons (Fsp3) is 0. The Morgan fingerprint density at radius 2 is 2.18 bits per heavy atom. The van der Waals surface area contributed by atoms with Gasteiger partial charge in [0.15, 0.2) is 5.69 Å². The van der Waals surface area contributed by atoms with Gasteiger partial charge in [-0.05, 0) is 12.1 Å². The molecular weight excluding hydrogens is 224 g/mol. The molecule has 0 spiro atoms. The first-order valence-electron chi connectivity index (χ1n) is 4.67. The summed E-state index contributed by atoms with van der Waals surface area (Å²) in [6.07, 6.45) is 2.70. The van der Waals surface area contributed by atoms with Gasteiger partial charge in [0, 0.05) is 6.20 Å². The summed E-state index contributed by atoms with van der Waals surface area (Å²) in [6.45, 7) is 0. The zero-order valence-corrected chi connectivity index (χ0v) is 8.54. The Bertz CT molecular complexity index is 550. The van der Waals surface area contributed by atoms with Gasteiger partial charge in [-0.25, -0.2) is 4.79 Å². The van der Waals surface area contributed by atoms with Gasteiger partial charge < -0.3 is 10.4 Å². The van der Waals surface area contributed by atoms with E-state index in [0.29, 0.717) is 0 Å². The first-order chi connectivity index (χ1) is 8.18. The summed E-state index contributed by atoms with van der Waals surface area (Å²) < 4.78 is 0. The molecule has 7 nitrogen and oxygen atoms in total. The van der Waals surface area contributed by atoms with Gasteiger partial charge in [-0.3, -0.25) is 14.9 Å². The van der Waals surface area contributed by atoms with Crippen molar-refractivity contribution in [3.8, 4) is 0 Å². The van der Waals surface area contributed by atoms with Crippen LogP contribution in [0, 0.1) is 0 Å². The van der Waals surface area contributed by atoms with Crippen LogP contribution < -0.4 is 5.32 Å². The first kappa shape index (κ1) is 10.8. The van der Waals surface area contributed by atoms with Gasteiger partial charge in [-0.1, -0.05) is 6.07 Å². The molecule has 17 heavy (non-hydrogen) atoms. The Hall–Kier alpha value is -2.70. The highest BCUT2D eigenvalue weighted by Gasteiger charge is 2.15. The molecule has 0 aliphatic rings. The minimum absolute atomic E-state index is 0.105. The van der Waals surface area contributed by atoms with Crippen molar-refractivity contribution in [2.45, 2.75) is 0 Å². The number of hydrogen-bond donors (Lipinski definition) is 3. The lowest BCUT2D eigenvalue weighted by atomic mass is 10.3. The number of carboxylic acid groups (broad SMARTS) is 1. The number of hydrogen-bond acceptors (Lipinski definition) is 4. The van der Waals surface area contributed by atoms with Crippen molar-refractivity contribution < 1.29 is 14.7 Å². The second-order valence-corrected chi connectivity index (χ2v) is 3.13. The lowest BCUT2D eigenvalue weighted by Gasteiger charge is -2.02. The first-order valence-corrected chi connectivity index (χ1v) is 4.67. The van der Waals surface area contributed by atoms with Crippen LogP contribution in [0.3, 0.4) is 0 Å². The number of anilines is 1. The number of nitrogens with zero attached hydrogens (tertiary/aromatic N) is 2. The van der Waals surface area contributed by atoms with Gasteiger partial charge >= 0.3 is 5.97 Å². The molecule has 2 heterocycles. The second kappa shape index (κ2) is 4.44. The molecule has 2 aromatic heterocycles. The van der Waals surface area contributed by atoms with Crippen LogP contribution in [0.2, 0.25) is 0 Å². The summed E-state index contributed by atoms with van der Waals surface area (Å²) in [5.41, 5.74) is 0.132. The van der Waals surface area contributed by atoms with Gasteiger partial charge in [-0.2, -0.15) is 5.10 Å². The molecule has 0 unspecified atom stereocenters. The number of pyridine rings is 1. The van der Waals surface area contributed by atoms with Crippen LogP contribution in [0.25, 0.3) is 0 Å². The van der Waals surface area contributed by atoms with E-state index in [4.69, 9.17) is 5.11 Å². The van der Waals surface area contributed by atoms with Gasteiger partial charge in [0.2, 0.25) is 0 Å². The van der Waals surface area contributed by atoms with E-state index in [9.17, 15) is 9.59 Å². The molecular formula is C10H8N4O3. The molecule has 0 bridgehead atoms. The Balaban J connectivity index is 2.19. The lowest BCUT2D eigenvalue weighted by Crippen LogP contribution is -2.15. The van der Waals surface area contributed by atoms with Crippen LogP contribution in [0.1, 0.15) is 21.0 Å². The fourth-order valence-corrected chi connectivity index (χ4v) is 1.23. The number of aromatic nitrogens is 3. The number of aromatic carboxylic acids is 1. The molecule has 7 heteroatoms. The highest BCUT2D eigenvalue weighted by Crippen LogP contribution is 2.12. The normalized spacial score (nSPS) is 9.88. The average molecular weight is 232 g/mol. The van der Waals surface area contributed by atoms with Crippen molar-refractivity contribution in [2.75, 3.05) is 5.32 Å². The monoisotopic (exact) mass is 232 g/mol. The highest BCUT2D eigenvalue weighted by atomic mass is 16.4. The molecule has 0 saturated carbocycles. The lowest BCUT2D eigenvalue weighted by molar-refractivity contribution is 0.0691. The number of amides is 1. The largest absolute Gasteiger partial charge is 0.476 e. The van der Waals surface area contributed by atoms with Crippen LogP contribution in [0.5, 0.6) is 0 Å². The molecule has 0 fully saturated rings. The number of carbonyl (C=O) groups is 2. The van der Waals surface area contributed by atoms with Crippen molar-refractivity contribution in [3.05, 3.63) is 42.0 Å². The third-order valence-electron chi connectivity index (χ3n) is 2.00. The standard InChI is InChI=1S/C10H8N4O3/c15-9(6-3-1-2-4-11-6)13-7-5-12-14-8(7)10(16)17/h1-5H,(H,12,14)(H,13,15)(H,16,17). The van der Waals surface area contributed by atoms with Gasteiger partial charge in [-0.15, -0.1) is 0 Å². The minimum atomic E-state index is -1.20. The van der Waals surface area contributed by atoms with Crippen LogP contribution in [0.4, 0.5) is 5.69 Å². The predicted molar refractivity (Wildman–Crippen MR) is 57.7 cm³/mol. The van der Waals surface area contributed by atoms with Crippen molar-refractivity contribution in [1.82, 2.24) is 15.2 Å². The molecule has 3 N–H and O–H groups in total. The average Bonchev–Trinajstić information content (AvgIpc) is 2.78. The van der Waals surface area contributed by atoms with E-state index in [-0.39, 0.29) is 17.1 Å². The molecule has 0 saturated heterocycles. The Kier molecular flexibility index (Phi) is 2.82. The number of aromatic amines is 1. The number of rotatable bonds is 3. The molecule has 0 atom stereocenters. The molecule has 1 amide bonds. The van der Waals surface area contributed by atoms with E-state index in [2.05, 4.69) is 20.5 Å². The van der Waals surface area contributed by atoms with Crippen molar-refractivity contribution >= 4 is 17.6 Å². The highest BCUT2D eigenvalue weighted by molar-refractivity contribution is 6.05. The molecule has 2 rings (SSSR count). The maximum Gasteiger partial charge on any atom is 0.356 e. The minimum Gasteiger partial charge on any atom is -0.476 e. The van der Waals surface area contributed by atoms with E-state index in [1.54, 1.807) is 12.1 Å². The quantitative estimate of drug-likeness (QED) is 0.723. The van der Waals surface area contributed by atoms with E-state index >= 15 is 0 Å². The van der Waals surface area contributed by atoms with Gasteiger partial charge in [0.25, 0.3) is 5.91 Å². The molecule has 0 aliphatic heterocycles. The summed E-state index contributed by atoms with van der Waals surface area (Å²) in [5, 5.41) is 17.0. The summed E-state index contributed by atoms with van der Waals surface area (Å²) in [7, 11) is 0. The maximum atomic E-state index is 11.7. The zero-order chi connectivity index (χ0) is 12.3. The van der Waals surface area contributed by atoms with Crippen molar-refractivity contribution in [2.24, 2.45) is 0 Å². The van der Waals surface area contributed by atoms with E-state index in [1.165, 1.54) is 18.5 Å². The molecule has 0 aliphatic carbocycles. The van der Waals surface area contributed by atoms with Gasteiger partial charge in [0.1, 0.15) is 5.69 Å². The summed E-state index contributed by atoms with van der Waals surface area (Å²) in [5.74, 6) is -1.69. The Morgan fingerprint density at radius 3 is 2.82 bits per heavy atom. The fourth-order valence-electron chi connectivity index (χ4n) is 1.23. The van der Waals surface area contributed by atoms with Crippen molar-refractivity contribution in [3.63, 3.8) is 0 Å². The van der Waals surface area contributed by atoms with Crippen LogP contribution in [-0.2, 0) is 0 Å². The van der Waals surface area contributed by atoms with Crippen molar-refractivity contribution in [1.29, 1.82) is 0 Å². The zero-order valence-electron chi connectivity index (χ0n) is 8.54. The summed E-state index contributed by atoms with van der Waals surface area (Å²) >= 11 is 0. The van der Waals surface area contributed by atoms with E-state index in [1.807, 2.05) is 0 Å². The Morgan fingerprint density at radius 1 is 1.35 bits per heavy atom. The number of H-pyrrole nitrogens is 1. The van der Waals surface area contributed by atoms with Crippen LogP contribution >= 0.6 is 0 Å². The second-order valence-electron chi connectivity index (χ2n) is 3.13. The van der Waals surface area contributed by atoms with Crippen LogP contribution in [0.15, 0.2) is 30.6 Å². The molecule has 0 aromatic carbocycles. The summed E-state index contributed by atoms with van der Waals surface area (Å²) in [6, 6.07) is 4.86. The number of carboxylic acids is 1. The smallest absolute Gasteiger partial charge is 0.356 e. The third-order valence-corrected chi connectivity index (χ3v) is 2.00. The number of carbonyl (C=O) groups excluding carboxylic acids is 1. The SMILES string of the molecule is O=C(Nc1cn[nH]c1C(=O)O)c1ccccn1.